The average molecular weight is 301 g/mol. The van der Waals surface area contributed by atoms with Gasteiger partial charge in [-0.25, -0.2) is 0 Å². The Morgan fingerprint density at radius 1 is 1.19 bits per heavy atom. The molecule has 1 saturated carbocycles. The van der Waals surface area contributed by atoms with Crippen LogP contribution in [-0.2, 0) is 0 Å². The molecule has 3 rings (SSSR count). The zero-order valence-electron chi connectivity index (χ0n) is 12.7. The molecule has 2 atom stereocenters. The first kappa shape index (κ1) is 14.7. The molecule has 0 saturated heterocycles. The number of aromatic nitrogens is 2. The van der Waals surface area contributed by atoms with Gasteiger partial charge in [-0.1, -0.05) is 55.5 Å². The van der Waals surface area contributed by atoms with Crippen molar-refractivity contribution in [3.05, 3.63) is 45.9 Å². The predicted octanol–water partition coefficient (Wildman–Crippen LogP) is 4.14. The summed E-state index contributed by atoms with van der Waals surface area (Å²) in [5.74, 6) is 1.41. The van der Waals surface area contributed by atoms with E-state index < -0.39 is 0 Å². The van der Waals surface area contributed by atoms with Crippen molar-refractivity contribution in [3.63, 3.8) is 0 Å². The van der Waals surface area contributed by atoms with E-state index in [0.717, 1.165) is 23.9 Å². The van der Waals surface area contributed by atoms with E-state index >= 15 is 0 Å². The molecule has 1 aliphatic rings. The Morgan fingerprint density at radius 3 is 2.57 bits per heavy atom. The first-order valence-corrected chi connectivity index (χ1v) is 8.73. The highest BCUT2D eigenvalue weighted by Gasteiger charge is 2.31. The van der Waals surface area contributed by atoms with Crippen molar-refractivity contribution in [3.8, 4) is 0 Å². The molecule has 0 bridgehead atoms. The lowest BCUT2D eigenvalue weighted by Gasteiger charge is -2.16. The lowest BCUT2D eigenvalue weighted by molar-refractivity contribution is 0.590. The van der Waals surface area contributed by atoms with Crippen LogP contribution in [0, 0.1) is 5.92 Å². The molecular formula is C17H23N3S. The summed E-state index contributed by atoms with van der Waals surface area (Å²) in [5.41, 5.74) is 1.27. The average Bonchev–Trinajstić information content (AvgIpc) is 3.26. The van der Waals surface area contributed by atoms with Crippen LogP contribution in [-0.4, -0.2) is 16.7 Å². The highest BCUT2D eigenvalue weighted by Crippen LogP contribution is 2.43. The number of rotatable bonds is 7. The van der Waals surface area contributed by atoms with E-state index in [4.69, 9.17) is 0 Å². The summed E-state index contributed by atoms with van der Waals surface area (Å²) >= 11 is 1.78. The SMILES string of the molecule is CCCNC(c1ccccc1)c1nnc(C(C)C2CC2)s1. The standard InChI is InChI=1S/C17H23N3S/c1-3-11-18-15(14-7-5-4-6-8-14)17-20-19-16(21-17)12(2)13-9-10-13/h4-8,12-13,15,18H,3,9-11H2,1-2H3. The van der Waals surface area contributed by atoms with Gasteiger partial charge in [0.25, 0.3) is 0 Å². The molecule has 0 aliphatic heterocycles. The zero-order chi connectivity index (χ0) is 14.7. The Labute approximate surface area is 130 Å². The normalized spacial score (nSPS) is 17.6. The monoisotopic (exact) mass is 301 g/mol. The van der Waals surface area contributed by atoms with Crippen LogP contribution in [0.15, 0.2) is 30.3 Å². The first-order valence-electron chi connectivity index (χ1n) is 7.91. The van der Waals surface area contributed by atoms with Crippen LogP contribution in [0.1, 0.15) is 60.6 Å². The lowest BCUT2D eigenvalue weighted by atomic mass is 10.1. The Hall–Kier alpha value is -1.26. The van der Waals surface area contributed by atoms with E-state index in [0.29, 0.717) is 5.92 Å². The summed E-state index contributed by atoms with van der Waals surface area (Å²) in [6, 6.07) is 10.7. The van der Waals surface area contributed by atoms with E-state index in [1.165, 1.54) is 23.4 Å². The summed E-state index contributed by atoms with van der Waals surface area (Å²) in [5, 5.41) is 14.8. The Bertz CT molecular complexity index is 562. The third kappa shape index (κ3) is 3.50. The maximum atomic E-state index is 4.48. The van der Waals surface area contributed by atoms with Gasteiger partial charge in [0.15, 0.2) is 0 Å². The number of hydrogen-bond donors (Lipinski definition) is 1. The van der Waals surface area contributed by atoms with Crippen LogP contribution >= 0.6 is 11.3 Å². The van der Waals surface area contributed by atoms with Gasteiger partial charge in [0.05, 0.1) is 6.04 Å². The minimum atomic E-state index is 0.170. The van der Waals surface area contributed by atoms with Gasteiger partial charge in [-0.3, -0.25) is 0 Å². The Balaban J connectivity index is 1.82. The molecule has 2 aromatic rings. The van der Waals surface area contributed by atoms with E-state index in [1.54, 1.807) is 11.3 Å². The van der Waals surface area contributed by atoms with Crippen molar-refractivity contribution in [1.29, 1.82) is 0 Å². The van der Waals surface area contributed by atoms with Crippen molar-refractivity contribution in [2.45, 2.75) is 45.1 Å². The summed E-state index contributed by atoms with van der Waals surface area (Å²) in [7, 11) is 0. The van der Waals surface area contributed by atoms with E-state index in [9.17, 15) is 0 Å². The van der Waals surface area contributed by atoms with Gasteiger partial charge >= 0.3 is 0 Å². The minimum Gasteiger partial charge on any atom is -0.304 e. The zero-order valence-corrected chi connectivity index (χ0v) is 13.6. The van der Waals surface area contributed by atoms with Crippen LogP contribution in [0.3, 0.4) is 0 Å². The van der Waals surface area contributed by atoms with Gasteiger partial charge in [0.1, 0.15) is 10.0 Å². The summed E-state index contributed by atoms with van der Waals surface area (Å²) in [4.78, 5) is 0. The van der Waals surface area contributed by atoms with Crippen molar-refractivity contribution in [1.82, 2.24) is 15.5 Å². The van der Waals surface area contributed by atoms with Crippen LogP contribution in [0.4, 0.5) is 0 Å². The third-order valence-electron chi connectivity index (χ3n) is 4.15. The van der Waals surface area contributed by atoms with Crippen LogP contribution in [0.2, 0.25) is 0 Å². The fraction of sp³-hybridized carbons (Fsp3) is 0.529. The highest BCUT2D eigenvalue weighted by molar-refractivity contribution is 7.11. The van der Waals surface area contributed by atoms with E-state index in [2.05, 4.69) is 59.7 Å². The molecule has 4 heteroatoms. The quantitative estimate of drug-likeness (QED) is 0.835. The highest BCUT2D eigenvalue weighted by atomic mass is 32.1. The van der Waals surface area contributed by atoms with E-state index in [1.807, 2.05) is 0 Å². The molecule has 0 radical (unpaired) electrons. The van der Waals surface area contributed by atoms with E-state index in [-0.39, 0.29) is 6.04 Å². The second-order valence-electron chi connectivity index (χ2n) is 5.90. The Kier molecular flexibility index (Phi) is 4.66. The maximum Gasteiger partial charge on any atom is 0.139 e. The van der Waals surface area contributed by atoms with Crippen molar-refractivity contribution < 1.29 is 0 Å². The molecule has 1 aromatic carbocycles. The van der Waals surface area contributed by atoms with Crippen LogP contribution < -0.4 is 5.32 Å². The smallest absolute Gasteiger partial charge is 0.139 e. The largest absolute Gasteiger partial charge is 0.304 e. The molecule has 112 valence electrons. The molecule has 1 heterocycles. The third-order valence-corrected chi connectivity index (χ3v) is 5.34. The second kappa shape index (κ2) is 6.67. The van der Waals surface area contributed by atoms with Gasteiger partial charge in [-0.05, 0) is 37.3 Å². The summed E-state index contributed by atoms with van der Waals surface area (Å²) < 4.78 is 0. The van der Waals surface area contributed by atoms with Crippen molar-refractivity contribution in [2.75, 3.05) is 6.54 Å². The number of hydrogen-bond acceptors (Lipinski definition) is 4. The van der Waals surface area contributed by atoms with Gasteiger partial charge in [-0.15, -0.1) is 10.2 Å². The number of benzene rings is 1. The number of nitrogens with zero attached hydrogens (tertiary/aromatic N) is 2. The molecule has 1 N–H and O–H groups in total. The molecule has 1 fully saturated rings. The molecular weight excluding hydrogens is 278 g/mol. The topological polar surface area (TPSA) is 37.8 Å². The fourth-order valence-corrected chi connectivity index (χ4v) is 3.72. The van der Waals surface area contributed by atoms with Gasteiger partial charge < -0.3 is 5.32 Å². The van der Waals surface area contributed by atoms with Crippen LogP contribution in [0.25, 0.3) is 0 Å². The number of nitrogens with one attached hydrogen (secondary N) is 1. The summed E-state index contributed by atoms with van der Waals surface area (Å²) in [6.45, 7) is 5.47. The van der Waals surface area contributed by atoms with Gasteiger partial charge in [0, 0.05) is 5.92 Å². The second-order valence-corrected chi connectivity index (χ2v) is 6.94. The minimum absolute atomic E-state index is 0.170. The molecule has 21 heavy (non-hydrogen) atoms. The Morgan fingerprint density at radius 2 is 1.90 bits per heavy atom. The molecule has 1 aliphatic carbocycles. The molecule has 3 nitrogen and oxygen atoms in total. The molecule has 0 spiro atoms. The molecule has 1 aromatic heterocycles. The first-order chi connectivity index (χ1) is 10.3. The van der Waals surface area contributed by atoms with Crippen molar-refractivity contribution >= 4 is 11.3 Å². The van der Waals surface area contributed by atoms with Crippen molar-refractivity contribution in [2.24, 2.45) is 5.92 Å². The lowest BCUT2D eigenvalue weighted by Crippen LogP contribution is -2.23. The predicted molar refractivity (Wildman–Crippen MR) is 87.6 cm³/mol. The molecule has 2 unspecified atom stereocenters. The van der Waals surface area contributed by atoms with Gasteiger partial charge in [0.2, 0.25) is 0 Å². The maximum absolute atomic E-state index is 4.48. The fourth-order valence-electron chi connectivity index (χ4n) is 2.63. The van der Waals surface area contributed by atoms with Crippen LogP contribution in [0.5, 0.6) is 0 Å². The summed E-state index contributed by atoms with van der Waals surface area (Å²) in [6.07, 6.45) is 3.83. The molecule has 0 amide bonds. The van der Waals surface area contributed by atoms with Gasteiger partial charge in [-0.2, -0.15) is 0 Å².